The zero-order valence-corrected chi connectivity index (χ0v) is 12.4. The first-order chi connectivity index (χ1) is 8.97. The van der Waals surface area contributed by atoms with E-state index in [1.807, 2.05) is 12.1 Å². The fourth-order valence-corrected chi connectivity index (χ4v) is 3.26. The van der Waals surface area contributed by atoms with Crippen LogP contribution in [0.4, 0.5) is 15.8 Å². The maximum absolute atomic E-state index is 13.1. The summed E-state index contributed by atoms with van der Waals surface area (Å²) in [5, 5.41) is 10.9. The molecule has 0 saturated heterocycles. The van der Waals surface area contributed by atoms with Gasteiger partial charge < -0.3 is 4.90 Å². The number of nitro groups is 1. The summed E-state index contributed by atoms with van der Waals surface area (Å²) in [6.07, 6.45) is 0. The van der Waals surface area contributed by atoms with E-state index in [1.54, 1.807) is 23.3 Å². The second-order valence-corrected chi connectivity index (χ2v) is 6.50. The molecule has 1 aromatic carbocycles. The Morgan fingerprint density at radius 1 is 1.42 bits per heavy atom. The Labute approximate surface area is 121 Å². The highest BCUT2D eigenvalue weighted by Crippen LogP contribution is 2.30. The van der Waals surface area contributed by atoms with Crippen molar-refractivity contribution in [1.82, 2.24) is 0 Å². The van der Waals surface area contributed by atoms with Crippen molar-refractivity contribution in [2.75, 3.05) is 11.9 Å². The molecule has 2 rings (SSSR count). The van der Waals surface area contributed by atoms with Crippen LogP contribution in [0.1, 0.15) is 4.88 Å². The Morgan fingerprint density at radius 3 is 2.74 bits per heavy atom. The number of rotatable bonds is 4. The van der Waals surface area contributed by atoms with E-state index in [-0.39, 0.29) is 5.69 Å². The molecule has 0 fully saturated rings. The average Bonchev–Trinajstić information content (AvgIpc) is 2.74. The lowest BCUT2D eigenvalue weighted by atomic mass is 10.2. The molecule has 0 aliphatic carbocycles. The Hall–Kier alpha value is -1.47. The van der Waals surface area contributed by atoms with Gasteiger partial charge in [-0.1, -0.05) is 0 Å². The molecule has 4 nitrogen and oxygen atoms in total. The van der Waals surface area contributed by atoms with Crippen molar-refractivity contribution >= 4 is 38.6 Å². The lowest BCUT2D eigenvalue weighted by molar-refractivity contribution is -0.384. The van der Waals surface area contributed by atoms with Crippen molar-refractivity contribution in [1.29, 1.82) is 0 Å². The van der Waals surface area contributed by atoms with Crippen LogP contribution >= 0.6 is 27.3 Å². The third-order valence-corrected chi connectivity index (χ3v) is 4.18. The zero-order chi connectivity index (χ0) is 14.0. The van der Waals surface area contributed by atoms with E-state index in [0.29, 0.717) is 12.2 Å². The molecule has 7 heteroatoms. The van der Waals surface area contributed by atoms with Crippen LogP contribution in [0.15, 0.2) is 34.1 Å². The number of thiophene rings is 1. The summed E-state index contributed by atoms with van der Waals surface area (Å²) in [4.78, 5) is 13.2. The Bertz CT molecular complexity index is 618. The van der Waals surface area contributed by atoms with Crippen LogP contribution in [-0.4, -0.2) is 12.0 Å². The summed E-state index contributed by atoms with van der Waals surface area (Å²) in [6.45, 7) is 0.530. The molecule has 0 atom stereocenters. The van der Waals surface area contributed by atoms with Crippen LogP contribution in [-0.2, 0) is 6.54 Å². The minimum Gasteiger partial charge on any atom is -0.364 e. The predicted octanol–water partition coefficient (Wildman–Crippen LogP) is 4.19. The van der Waals surface area contributed by atoms with Crippen molar-refractivity contribution in [2.24, 2.45) is 0 Å². The topological polar surface area (TPSA) is 46.4 Å². The summed E-state index contributed by atoms with van der Waals surface area (Å²) in [7, 11) is 1.74. The monoisotopic (exact) mass is 344 g/mol. The van der Waals surface area contributed by atoms with Crippen molar-refractivity contribution in [2.45, 2.75) is 6.54 Å². The van der Waals surface area contributed by atoms with Crippen molar-refractivity contribution in [3.63, 3.8) is 0 Å². The van der Waals surface area contributed by atoms with Gasteiger partial charge in [-0.15, -0.1) is 11.3 Å². The zero-order valence-electron chi connectivity index (χ0n) is 9.97. The quantitative estimate of drug-likeness (QED) is 0.616. The van der Waals surface area contributed by atoms with E-state index in [1.165, 1.54) is 12.1 Å². The molecule has 0 unspecified atom stereocenters. The minimum absolute atomic E-state index is 0.224. The molecule has 0 aliphatic rings. The smallest absolute Gasteiger partial charge is 0.295 e. The first-order valence-corrected chi connectivity index (χ1v) is 6.97. The van der Waals surface area contributed by atoms with E-state index in [9.17, 15) is 14.5 Å². The minimum atomic E-state index is -0.609. The van der Waals surface area contributed by atoms with Crippen LogP contribution in [0.5, 0.6) is 0 Å². The van der Waals surface area contributed by atoms with Crippen LogP contribution in [0.3, 0.4) is 0 Å². The Balaban J connectivity index is 2.28. The molecule has 19 heavy (non-hydrogen) atoms. The maximum Gasteiger partial charge on any atom is 0.295 e. The van der Waals surface area contributed by atoms with Gasteiger partial charge in [0.15, 0.2) is 0 Å². The molecule has 0 N–H and O–H groups in total. The van der Waals surface area contributed by atoms with Gasteiger partial charge in [0, 0.05) is 11.9 Å². The highest BCUT2D eigenvalue weighted by molar-refractivity contribution is 9.11. The molecule has 0 aliphatic heterocycles. The van der Waals surface area contributed by atoms with Gasteiger partial charge in [-0.3, -0.25) is 10.1 Å². The molecule has 1 heterocycles. The number of nitro benzene ring substituents is 1. The standard InChI is InChI=1S/C12H10BrFN2O2S/c1-15(7-9-3-5-12(13)19-9)10-4-2-8(14)6-11(10)16(17)18/h2-6H,7H2,1H3. The fourth-order valence-electron chi connectivity index (χ4n) is 1.72. The number of hydrogen-bond donors (Lipinski definition) is 0. The number of anilines is 1. The number of benzene rings is 1. The number of halogens is 2. The molecule has 0 radical (unpaired) electrons. The maximum atomic E-state index is 13.1. The summed E-state index contributed by atoms with van der Waals surface area (Å²) >= 11 is 4.93. The van der Waals surface area contributed by atoms with E-state index in [0.717, 1.165) is 14.7 Å². The Morgan fingerprint density at radius 2 is 2.16 bits per heavy atom. The van der Waals surface area contributed by atoms with Gasteiger partial charge in [0.1, 0.15) is 11.5 Å². The normalized spacial score (nSPS) is 10.5. The van der Waals surface area contributed by atoms with Crippen molar-refractivity contribution < 1.29 is 9.31 Å². The van der Waals surface area contributed by atoms with Gasteiger partial charge >= 0.3 is 0 Å². The predicted molar refractivity (Wildman–Crippen MR) is 77.2 cm³/mol. The van der Waals surface area contributed by atoms with Crippen LogP contribution in [0, 0.1) is 15.9 Å². The second kappa shape index (κ2) is 5.66. The third kappa shape index (κ3) is 3.30. The SMILES string of the molecule is CN(Cc1ccc(Br)s1)c1ccc(F)cc1[N+](=O)[O-]. The Kier molecular flexibility index (Phi) is 4.16. The van der Waals surface area contributed by atoms with Crippen molar-refractivity contribution in [3.8, 4) is 0 Å². The molecule has 1 aromatic heterocycles. The van der Waals surface area contributed by atoms with E-state index in [4.69, 9.17) is 0 Å². The van der Waals surface area contributed by atoms with Gasteiger partial charge in [0.05, 0.1) is 21.3 Å². The third-order valence-electron chi connectivity index (χ3n) is 2.57. The summed E-state index contributed by atoms with van der Waals surface area (Å²) in [6, 6.07) is 7.46. The molecule has 0 saturated carbocycles. The first kappa shape index (κ1) is 14.0. The highest BCUT2D eigenvalue weighted by atomic mass is 79.9. The summed E-state index contributed by atoms with van der Waals surface area (Å²) in [5.41, 5.74) is 0.175. The molecule has 0 amide bonds. The molecular weight excluding hydrogens is 335 g/mol. The van der Waals surface area contributed by atoms with Crippen molar-refractivity contribution in [3.05, 3.63) is 54.9 Å². The van der Waals surface area contributed by atoms with Gasteiger partial charge in [0.25, 0.3) is 5.69 Å². The summed E-state index contributed by atoms with van der Waals surface area (Å²) in [5.74, 6) is -0.609. The average molecular weight is 345 g/mol. The van der Waals surface area contributed by atoms with Gasteiger partial charge in [-0.25, -0.2) is 4.39 Å². The lowest BCUT2D eigenvalue weighted by Gasteiger charge is -2.18. The molecule has 100 valence electrons. The molecule has 0 bridgehead atoms. The molecular formula is C12H10BrFN2O2S. The lowest BCUT2D eigenvalue weighted by Crippen LogP contribution is -2.17. The van der Waals surface area contributed by atoms with E-state index >= 15 is 0 Å². The molecule has 2 aromatic rings. The van der Waals surface area contributed by atoms with Crippen LogP contribution < -0.4 is 4.90 Å². The van der Waals surface area contributed by atoms with E-state index in [2.05, 4.69) is 15.9 Å². The van der Waals surface area contributed by atoms with E-state index < -0.39 is 10.7 Å². The van der Waals surface area contributed by atoms with Crippen LogP contribution in [0.25, 0.3) is 0 Å². The number of nitrogens with zero attached hydrogens (tertiary/aromatic N) is 2. The summed E-state index contributed by atoms with van der Waals surface area (Å²) < 4.78 is 14.1. The van der Waals surface area contributed by atoms with Crippen LogP contribution in [0.2, 0.25) is 0 Å². The largest absolute Gasteiger partial charge is 0.364 e. The number of hydrogen-bond acceptors (Lipinski definition) is 4. The molecule has 0 spiro atoms. The van der Waals surface area contributed by atoms with Gasteiger partial charge in [-0.05, 0) is 40.2 Å². The highest BCUT2D eigenvalue weighted by Gasteiger charge is 2.18. The fraction of sp³-hybridized carbons (Fsp3) is 0.167. The van der Waals surface area contributed by atoms with Gasteiger partial charge in [-0.2, -0.15) is 0 Å². The van der Waals surface area contributed by atoms with Gasteiger partial charge in [0.2, 0.25) is 0 Å². The second-order valence-electron chi connectivity index (χ2n) is 3.95. The first-order valence-electron chi connectivity index (χ1n) is 5.36.